The molecule has 13 heteroatoms. The average molecular weight is 573 g/mol. The van der Waals surface area contributed by atoms with Gasteiger partial charge in [-0.3, -0.25) is 19.2 Å². The van der Waals surface area contributed by atoms with Crippen LogP contribution in [0.25, 0.3) is 22.1 Å². The van der Waals surface area contributed by atoms with Crippen molar-refractivity contribution in [2.75, 3.05) is 13.7 Å². The van der Waals surface area contributed by atoms with Gasteiger partial charge in [0.05, 0.1) is 18.1 Å². The molecule has 1 saturated heterocycles. The third-order valence-electron chi connectivity index (χ3n) is 6.15. The number of hydrogen-bond donors (Lipinski definition) is 2. The fourth-order valence-electron chi connectivity index (χ4n) is 4.33. The number of carbonyl (C=O) groups is 3. The van der Waals surface area contributed by atoms with Crippen LogP contribution in [0.2, 0.25) is 0 Å². The highest BCUT2D eigenvalue weighted by Gasteiger charge is 2.51. The molecule has 0 saturated carbocycles. The lowest BCUT2D eigenvalue weighted by molar-refractivity contribution is -0.285. The number of aliphatic hydroxyl groups is 1. The van der Waals surface area contributed by atoms with E-state index >= 15 is 0 Å². The van der Waals surface area contributed by atoms with Gasteiger partial charge < -0.3 is 43.1 Å². The number of ether oxygens (including phenoxy) is 6. The first-order chi connectivity index (χ1) is 19.5. The molecule has 2 heterocycles. The maximum atomic E-state index is 13.3. The van der Waals surface area contributed by atoms with E-state index in [4.69, 9.17) is 32.8 Å². The molecule has 41 heavy (non-hydrogen) atoms. The molecule has 0 radical (unpaired) electrons. The van der Waals surface area contributed by atoms with Crippen molar-refractivity contribution in [3.05, 3.63) is 52.9 Å². The van der Waals surface area contributed by atoms with Gasteiger partial charge in [-0.2, -0.15) is 0 Å². The van der Waals surface area contributed by atoms with E-state index in [1.54, 1.807) is 12.1 Å². The van der Waals surface area contributed by atoms with Gasteiger partial charge in [0.2, 0.25) is 11.7 Å². The Morgan fingerprint density at radius 3 is 2.20 bits per heavy atom. The third-order valence-corrected chi connectivity index (χ3v) is 6.15. The number of phenols is 1. The molecule has 1 aromatic heterocycles. The summed E-state index contributed by atoms with van der Waals surface area (Å²) in [7, 11) is 1.33. The quantitative estimate of drug-likeness (QED) is 0.296. The molecule has 0 amide bonds. The van der Waals surface area contributed by atoms with Crippen molar-refractivity contribution in [1.82, 2.24) is 0 Å². The van der Waals surface area contributed by atoms with Crippen LogP contribution in [-0.4, -0.2) is 72.5 Å². The second-order valence-electron chi connectivity index (χ2n) is 9.13. The summed E-state index contributed by atoms with van der Waals surface area (Å²) in [5, 5.41) is 20.8. The standard InChI is InChI=1S/C28H28O13/c1-13(29)36-12-23-26(38-14(2)30)25(34)27(39-15(3)31)28(41-23)40-22-10-20-18(9-21(22)35-4)24(33)19(11-37-20)16-5-7-17(32)8-6-16/h5-11,23,25-28,32,34H,12H2,1-4H3/t23-,25+,26-,27-,28-/m1/s1. The van der Waals surface area contributed by atoms with Gasteiger partial charge in [-0.05, 0) is 23.8 Å². The van der Waals surface area contributed by atoms with Crippen molar-refractivity contribution >= 4 is 28.9 Å². The van der Waals surface area contributed by atoms with E-state index < -0.39 is 55.2 Å². The molecule has 0 spiro atoms. The van der Waals surface area contributed by atoms with Gasteiger partial charge in [-0.15, -0.1) is 0 Å². The Labute approximate surface area is 233 Å². The normalized spacial score (nSPS) is 22.0. The molecular formula is C28H28O13. The van der Waals surface area contributed by atoms with Gasteiger partial charge in [-0.1, -0.05) is 12.1 Å². The lowest BCUT2D eigenvalue weighted by Crippen LogP contribution is -2.62. The predicted octanol–water partition coefficient (Wildman–Crippen LogP) is 2.07. The summed E-state index contributed by atoms with van der Waals surface area (Å²) < 4.78 is 38.4. The van der Waals surface area contributed by atoms with Crippen LogP contribution < -0.4 is 14.9 Å². The fourth-order valence-corrected chi connectivity index (χ4v) is 4.33. The second-order valence-corrected chi connectivity index (χ2v) is 9.13. The first kappa shape index (κ1) is 29.4. The van der Waals surface area contributed by atoms with E-state index in [2.05, 4.69) is 0 Å². The summed E-state index contributed by atoms with van der Waals surface area (Å²) in [6.45, 7) is 2.96. The summed E-state index contributed by atoms with van der Waals surface area (Å²) in [5.74, 6) is -2.09. The van der Waals surface area contributed by atoms with Gasteiger partial charge in [0.15, 0.2) is 23.7 Å². The second kappa shape index (κ2) is 12.3. The molecule has 13 nitrogen and oxygen atoms in total. The van der Waals surface area contributed by atoms with Crippen LogP contribution >= 0.6 is 0 Å². The Balaban J connectivity index is 1.72. The number of carbonyl (C=O) groups excluding carboxylic acids is 3. The van der Waals surface area contributed by atoms with Gasteiger partial charge in [0.1, 0.15) is 36.4 Å². The number of aromatic hydroxyl groups is 1. The molecule has 1 fully saturated rings. The number of aliphatic hydroxyl groups excluding tert-OH is 1. The molecule has 1 aliphatic heterocycles. The minimum Gasteiger partial charge on any atom is -0.508 e. The molecule has 3 aromatic rings. The van der Waals surface area contributed by atoms with E-state index in [9.17, 15) is 29.4 Å². The van der Waals surface area contributed by atoms with E-state index in [0.717, 1.165) is 20.8 Å². The first-order valence-corrected chi connectivity index (χ1v) is 12.4. The third kappa shape index (κ3) is 6.58. The van der Waals surface area contributed by atoms with Crippen LogP contribution in [0, 0.1) is 0 Å². The van der Waals surface area contributed by atoms with Gasteiger partial charge in [-0.25, -0.2) is 0 Å². The largest absolute Gasteiger partial charge is 0.508 e. The molecule has 2 N–H and O–H groups in total. The Morgan fingerprint density at radius 2 is 1.59 bits per heavy atom. The minimum atomic E-state index is -1.64. The number of phenolic OH excluding ortho intramolecular Hbond substituents is 1. The number of fused-ring (bicyclic) bond motifs is 1. The molecule has 218 valence electrons. The van der Waals surface area contributed by atoms with E-state index in [-0.39, 0.29) is 39.2 Å². The average Bonchev–Trinajstić information content (AvgIpc) is 2.91. The zero-order chi connectivity index (χ0) is 29.8. The van der Waals surface area contributed by atoms with E-state index in [1.165, 1.54) is 37.6 Å². The molecule has 4 rings (SSSR count). The maximum Gasteiger partial charge on any atom is 0.303 e. The highest BCUT2D eigenvalue weighted by Crippen LogP contribution is 2.36. The zero-order valence-corrected chi connectivity index (χ0v) is 22.5. The summed E-state index contributed by atoms with van der Waals surface area (Å²) >= 11 is 0. The monoisotopic (exact) mass is 572 g/mol. The van der Waals surface area contributed by atoms with Crippen molar-refractivity contribution in [2.45, 2.75) is 51.5 Å². The van der Waals surface area contributed by atoms with Crippen molar-refractivity contribution in [3.8, 4) is 28.4 Å². The van der Waals surface area contributed by atoms with E-state index in [1.807, 2.05) is 0 Å². The number of methoxy groups -OCH3 is 1. The summed E-state index contributed by atoms with van der Waals surface area (Å²) in [5.41, 5.74) is 0.497. The zero-order valence-electron chi connectivity index (χ0n) is 22.5. The SMILES string of the molecule is COc1cc2c(=O)c(-c3ccc(O)cc3)coc2cc1O[C@@H]1O[C@H](COC(C)=O)[C@@H](OC(C)=O)[C@H](O)[C@H]1OC(C)=O. The van der Waals surface area contributed by atoms with Crippen molar-refractivity contribution < 1.29 is 57.4 Å². The Kier molecular flexibility index (Phi) is 8.79. The van der Waals surface area contributed by atoms with Crippen molar-refractivity contribution in [1.29, 1.82) is 0 Å². The highest BCUT2D eigenvalue weighted by atomic mass is 16.7. The summed E-state index contributed by atoms with van der Waals surface area (Å²) in [4.78, 5) is 48.3. The number of benzene rings is 2. The Hall–Kier alpha value is -4.62. The van der Waals surface area contributed by atoms with E-state index in [0.29, 0.717) is 5.56 Å². The molecule has 0 aliphatic carbocycles. The molecule has 2 aromatic carbocycles. The van der Waals surface area contributed by atoms with Gasteiger partial charge in [0.25, 0.3) is 0 Å². The Morgan fingerprint density at radius 1 is 0.927 bits per heavy atom. The van der Waals surface area contributed by atoms with Crippen LogP contribution in [0.15, 0.2) is 51.9 Å². The smallest absolute Gasteiger partial charge is 0.303 e. The molecule has 0 unspecified atom stereocenters. The first-order valence-electron chi connectivity index (χ1n) is 12.4. The molecule has 5 atom stereocenters. The topological polar surface area (TPSA) is 177 Å². The molecule has 1 aliphatic rings. The lowest BCUT2D eigenvalue weighted by Gasteiger charge is -2.42. The van der Waals surface area contributed by atoms with Crippen LogP contribution in [0.5, 0.6) is 17.2 Å². The van der Waals surface area contributed by atoms with Gasteiger partial charge in [0, 0.05) is 26.8 Å². The van der Waals surface area contributed by atoms with Crippen LogP contribution in [0.1, 0.15) is 20.8 Å². The van der Waals surface area contributed by atoms with Crippen molar-refractivity contribution in [2.24, 2.45) is 0 Å². The van der Waals surface area contributed by atoms with Crippen molar-refractivity contribution in [3.63, 3.8) is 0 Å². The van der Waals surface area contributed by atoms with Crippen LogP contribution in [0.3, 0.4) is 0 Å². The minimum absolute atomic E-state index is 0.00735. The summed E-state index contributed by atoms with van der Waals surface area (Å²) in [6, 6.07) is 8.76. The lowest BCUT2D eigenvalue weighted by atomic mass is 9.98. The number of hydrogen-bond acceptors (Lipinski definition) is 13. The number of rotatable bonds is 8. The highest BCUT2D eigenvalue weighted by molar-refractivity contribution is 5.84. The molecular weight excluding hydrogens is 544 g/mol. The van der Waals surface area contributed by atoms with Gasteiger partial charge >= 0.3 is 17.9 Å². The van der Waals surface area contributed by atoms with Crippen LogP contribution in [0.4, 0.5) is 0 Å². The van der Waals surface area contributed by atoms with Crippen LogP contribution in [-0.2, 0) is 33.3 Å². The predicted molar refractivity (Wildman–Crippen MR) is 139 cm³/mol. The number of esters is 3. The molecule has 0 bridgehead atoms. The summed E-state index contributed by atoms with van der Waals surface area (Å²) in [6.07, 6.45) is -5.95. The maximum absolute atomic E-state index is 13.3. The fraction of sp³-hybridized carbons (Fsp3) is 0.357. The Bertz CT molecular complexity index is 1490.